The predicted molar refractivity (Wildman–Crippen MR) is 158 cm³/mol. The maximum atomic E-state index is 14.0. The minimum absolute atomic E-state index is 0.103. The van der Waals surface area contributed by atoms with Crippen molar-refractivity contribution in [2.45, 2.75) is 44.0 Å². The Morgan fingerprint density at radius 3 is 2.31 bits per heavy atom. The first-order chi connectivity index (χ1) is 20.2. The molecule has 1 aliphatic heterocycles. The van der Waals surface area contributed by atoms with Crippen LogP contribution in [0.2, 0.25) is 0 Å². The molecule has 11 heteroatoms. The summed E-state index contributed by atoms with van der Waals surface area (Å²) in [6.45, 7) is 4.41. The van der Waals surface area contributed by atoms with Gasteiger partial charge in [0.2, 0.25) is 11.8 Å². The second-order valence-electron chi connectivity index (χ2n) is 9.83. The Morgan fingerprint density at radius 2 is 1.64 bits per heavy atom. The lowest BCUT2D eigenvalue weighted by atomic mass is 10.1. The fourth-order valence-corrected chi connectivity index (χ4v) is 6.14. The van der Waals surface area contributed by atoms with E-state index < -0.39 is 34.3 Å². The maximum absolute atomic E-state index is 14.0. The van der Waals surface area contributed by atoms with E-state index >= 15 is 0 Å². The fourth-order valence-electron chi connectivity index (χ4n) is 4.71. The number of benzene rings is 3. The third kappa shape index (κ3) is 7.39. The van der Waals surface area contributed by atoms with Crippen molar-refractivity contribution in [1.82, 2.24) is 10.2 Å². The number of anilines is 1. The highest BCUT2D eigenvalue weighted by Gasteiger charge is 2.34. The fraction of sp³-hybridized carbons (Fsp3) is 0.355. The van der Waals surface area contributed by atoms with E-state index in [1.807, 2.05) is 44.2 Å². The lowest BCUT2D eigenvalue weighted by Gasteiger charge is -2.33. The molecule has 1 N–H and O–H groups in total. The van der Waals surface area contributed by atoms with Crippen LogP contribution in [0, 0.1) is 5.82 Å². The van der Waals surface area contributed by atoms with E-state index in [0.717, 1.165) is 28.4 Å². The molecule has 0 saturated heterocycles. The van der Waals surface area contributed by atoms with Crippen LogP contribution in [0.25, 0.3) is 0 Å². The molecule has 0 fully saturated rings. The number of nitrogens with one attached hydrogen (secondary N) is 1. The van der Waals surface area contributed by atoms with Crippen LogP contribution in [0.3, 0.4) is 0 Å². The normalized spacial score (nSPS) is 13.2. The number of halogens is 1. The molecule has 0 unspecified atom stereocenters. The largest absolute Gasteiger partial charge is 0.486 e. The first-order valence-electron chi connectivity index (χ1n) is 14.0. The molecule has 3 aromatic rings. The van der Waals surface area contributed by atoms with Gasteiger partial charge in [0.1, 0.15) is 31.6 Å². The van der Waals surface area contributed by atoms with Crippen molar-refractivity contribution in [3.05, 3.63) is 84.2 Å². The Labute approximate surface area is 246 Å². The van der Waals surface area contributed by atoms with Gasteiger partial charge in [-0.3, -0.25) is 13.9 Å². The molecule has 1 aliphatic rings. The van der Waals surface area contributed by atoms with Crippen LogP contribution in [0.15, 0.2) is 77.7 Å². The minimum Gasteiger partial charge on any atom is -0.486 e. The van der Waals surface area contributed by atoms with Crippen molar-refractivity contribution in [2.24, 2.45) is 0 Å². The van der Waals surface area contributed by atoms with E-state index in [1.54, 1.807) is 0 Å². The Morgan fingerprint density at radius 1 is 0.952 bits per heavy atom. The van der Waals surface area contributed by atoms with Gasteiger partial charge in [0, 0.05) is 19.2 Å². The van der Waals surface area contributed by atoms with Gasteiger partial charge >= 0.3 is 0 Å². The van der Waals surface area contributed by atoms with Gasteiger partial charge in [0.05, 0.1) is 10.6 Å². The molecule has 0 aromatic heterocycles. The molecule has 1 heterocycles. The second kappa shape index (κ2) is 14.2. The highest BCUT2D eigenvalue weighted by Crippen LogP contribution is 2.34. The molecule has 9 nitrogen and oxygen atoms in total. The Bertz CT molecular complexity index is 1470. The number of rotatable bonds is 13. The summed E-state index contributed by atoms with van der Waals surface area (Å²) in [6, 6.07) is 17.8. The predicted octanol–water partition coefficient (Wildman–Crippen LogP) is 4.17. The van der Waals surface area contributed by atoms with E-state index in [9.17, 15) is 22.4 Å². The van der Waals surface area contributed by atoms with Gasteiger partial charge in [-0.2, -0.15) is 0 Å². The van der Waals surface area contributed by atoms with Crippen molar-refractivity contribution in [3.63, 3.8) is 0 Å². The van der Waals surface area contributed by atoms with Gasteiger partial charge < -0.3 is 19.7 Å². The summed E-state index contributed by atoms with van der Waals surface area (Å²) in [6.07, 6.45) is 1.53. The van der Waals surface area contributed by atoms with Crippen molar-refractivity contribution in [3.8, 4) is 11.5 Å². The van der Waals surface area contributed by atoms with Crippen molar-refractivity contribution < 1.29 is 31.9 Å². The highest BCUT2D eigenvalue weighted by atomic mass is 32.2. The van der Waals surface area contributed by atoms with Crippen LogP contribution in [-0.2, 0) is 26.0 Å². The smallest absolute Gasteiger partial charge is 0.264 e. The zero-order chi connectivity index (χ0) is 30.1. The number of nitrogens with zero attached hydrogens (tertiary/aromatic N) is 2. The SMILES string of the molecule is CCCNC(=O)[C@@H](CC)N(CCc1ccccc1)C(=O)CN(c1ccc(F)cc1)S(=O)(=O)c1ccc2c(c1)OCCO2. The Hall–Kier alpha value is -4.12. The Balaban J connectivity index is 1.69. The third-order valence-corrected chi connectivity index (χ3v) is 8.68. The van der Waals surface area contributed by atoms with Crippen LogP contribution in [0.5, 0.6) is 11.5 Å². The molecule has 0 bridgehead atoms. The summed E-state index contributed by atoms with van der Waals surface area (Å²) in [5.74, 6) is -0.722. The molecular formula is C31H36FN3O6S. The monoisotopic (exact) mass is 597 g/mol. The van der Waals surface area contributed by atoms with Gasteiger partial charge in [-0.25, -0.2) is 12.8 Å². The molecule has 0 aliphatic carbocycles. The number of sulfonamides is 1. The number of ether oxygens (including phenoxy) is 2. The van der Waals surface area contributed by atoms with Crippen LogP contribution in [-0.4, -0.2) is 64.0 Å². The van der Waals surface area contributed by atoms with Crippen molar-refractivity contribution in [2.75, 3.05) is 37.2 Å². The number of fused-ring (bicyclic) bond motifs is 1. The summed E-state index contributed by atoms with van der Waals surface area (Å²) < 4.78 is 54.0. The zero-order valence-corrected chi connectivity index (χ0v) is 24.6. The topological polar surface area (TPSA) is 105 Å². The number of carbonyl (C=O) groups is 2. The molecule has 224 valence electrons. The van der Waals surface area contributed by atoms with Gasteiger partial charge in [-0.1, -0.05) is 44.2 Å². The van der Waals surface area contributed by atoms with E-state index in [0.29, 0.717) is 31.7 Å². The van der Waals surface area contributed by atoms with E-state index in [4.69, 9.17) is 9.47 Å². The van der Waals surface area contributed by atoms with E-state index in [2.05, 4.69) is 5.32 Å². The van der Waals surface area contributed by atoms with E-state index in [-0.39, 0.29) is 35.4 Å². The summed E-state index contributed by atoms with van der Waals surface area (Å²) in [5.41, 5.74) is 1.07. The molecule has 4 rings (SSSR count). The number of hydrogen-bond acceptors (Lipinski definition) is 6. The van der Waals surface area contributed by atoms with Gasteiger partial charge in [0.15, 0.2) is 11.5 Å². The molecule has 1 atom stereocenters. The molecular weight excluding hydrogens is 561 g/mol. The molecule has 3 aromatic carbocycles. The quantitative estimate of drug-likeness (QED) is 0.317. The van der Waals surface area contributed by atoms with Gasteiger partial charge in [-0.05, 0) is 61.2 Å². The molecule has 0 radical (unpaired) electrons. The first kappa shape index (κ1) is 30.8. The van der Waals surface area contributed by atoms with Crippen LogP contribution >= 0.6 is 0 Å². The first-order valence-corrected chi connectivity index (χ1v) is 15.5. The second-order valence-corrected chi connectivity index (χ2v) is 11.7. The summed E-state index contributed by atoms with van der Waals surface area (Å²) >= 11 is 0. The third-order valence-electron chi connectivity index (χ3n) is 6.91. The van der Waals surface area contributed by atoms with Gasteiger partial charge in [0.25, 0.3) is 10.0 Å². The standard InChI is InChI=1S/C31H36FN3O6S/c1-3-17-33-31(37)27(4-2)34(18-16-23-8-6-5-7-9-23)30(36)22-35(25-12-10-24(32)11-13-25)42(38,39)26-14-15-28-29(21-26)41-20-19-40-28/h5-15,21,27H,3-4,16-20,22H2,1-2H3,(H,33,37)/t27-/m1/s1. The average Bonchev–Trinajstić information content (AvgIpc) is 3.01. The van der Waals surface area contributed by atoms with E-state index in [1.165, 1.54) is 35.2 Å². The summed E-state index contributed by atoms with van der Waals surface area (Å²) in [5, 5.41) is 2.86. The zero-order valence-electron chi connectivity index (χ0n) is 23.8. The number of amides is 2. The average molecular weight is 598 g/mol. The van der Waals surface area contributed by atoms with Crippen LogP contribution in [0.1, 0.15) is 32.3 Å². The van der Waals surface area contributed by atoms with Crippen molar-refractivity contribution >= 4 is 27.5 Å². The van der Waals surface area contributed by atoms with Crippen LogP contribution < -0.4 is 19.1 Å². The van der Waals surface area contributed by atoms with Crippen molar-refractivity contribution in [1.29, 1.82) is 0 Å². The highest BCUT2D eigenvalue weighted by molar-refractivity contribution is 7.92. The summed E-state index contributed by atoms with van der Waals surface area (Å²) in [7, 11) is -4.34. The van der Waals surface area contributed by atoms with Gasteiger partial charge in [-0.15, -0.1) is 0 Å². The molecule has 0 saturated carbocycles. The summed E-state index contributed by atoms with van der Waals surface area (Å²) in [4.78, 5) is 28.5. The lowest BCUT2D eigenvalue weighted by Crippen LogP contribution is -2.53. The van der Waals surface area contributed by atoms with Crippen LogP contribution in [0.4, 0.5) is 10.1 Å². The minimum atomic E-state index is -4.34. The number of carbonyl (C=O) groups excluding carboxylic acids is 2. The molecule has 0 spiro atoms. The maximum Gasteiger partial charge on any atom is 0.264 e. The Kier molecular flexibility index (Phi) is 10.4. The molecule has 2 amide bonds. The lowest BCUT2D eigenvalue weighted by molar-refractivity contribution is -0.139. The number of hydrogen-bond donors (Lipinski definition) is 1. The molecule has 42 heavy (non-hydrogen) atoms.